The summed E-state index contributed by atoms with van der Waals surface area (Å²) in [5.74, 6) is 0.135. The van der Waals surface area contributed by atoms with Crippen LogP contribution in [0.5, 0.6) is 0 Å². The Morgan fingerprint density at radius 2 is 1.94 bits per heavy atom. The van der Waals surface area contributed by atoms with Gasteiger partial charge < -0.3 is 4.90 Å². The van der Waals surface area contributed by atoms with E-state index in [4.69, 9.17) is 0 Å². The predicted octanol–water partition coefficient (Wildman–Crippen LogP) is 1.96. The number of carbonyl (C=O) groups excluding carboxylic acids is 1. The molecule has 1 aliphatic rings. The maximum atomic E-state index is 11.7. The van der Waals surface area contributed by atoms with Gasteiger partial charge in [-0.05, 0) is 19.4 Å². The lowest BCUT2D eigenvalue weighted by Crippen LogP contribution is -2.57. The molecule has 0 radical (unpaired) electrons. The van der Waals surface area contributed by atoms with Crippen molar-refractivity contribution >= 4 is 11.6 Å². The molecule has 17 heavy (non-hydrogen) atoms. The highest BCUT2D eigenvalue weighted by atomic mass is 16.6. The van der Waals surface area contributed by atoms with Gasteiger partial charge in [0.2, 0.25) is 5.91 Å². The van der Waals surface area contributed by atoms with Crippen LogP contribution < -0.4 is 0 Å². The van der Waals surface area contributed by atoms with Crippen LogP contribution >= 0.6 is 0 Å². The zero-order valence-corrected chi connectivity index (χ0v) is 9.84. The molecule has 0 N–H and O–H groups in total. The van der Waals surface area contributed by atoms with Crippen LogP contribution in [-0.2, 0) is 11.3 Å². The third-order valence-electron chi connectivity index (χ3n) is 2.97. The van der Waals surface area contributed by atoms with Gasteiger partial charge in [-0.15, -0.1) is 0 Å². The molecule has 0 saturated carbocycles. The summed E-state index contributed by atoms with van der Waals surface area (Å²) in [5.41, 5.74) is 0.740. The Labute approximate surface area is 99.2 Å². The number of nitrogens with zero attached hydrogens (tertiary/aromatic N) is 2. The number of hydrogen-bond acceptors (Lipinski definition) is 3. The summed E-state index contributed by atoms with van der Waals surface area (Å²) in [6.45, 7) is 5.10. The first-order valence-electron chi connectivity index (χ1n) is 5.43. The van der Waals surface area contributed by atoms with E-state index in [0.29, 0.717) is 6.54 Å². The van der Waals surface area contributed by atoms with Gasteiger partial charge in [0.1, 0.15) is 0 Å². The zero-order valence-electron chi connectivity index (χ0n) is 9.84. The third-order valence-corrected chi connectivity index (χ3v) is 2.97. The van der Waals surface area contributed by atoms with E-state index in [2.05, 4.69) is 0 Å². The molecule has 0 atom stereocenters. The second-order valence-corrected chi connectivity index (χ2v) is 4.97. The first-order valence-corrected chi connectivity index (χ1v) is 5.43. The van der Waals surface area contributed by atoms with E-state index >= 15 is 0 Å². The zero-order chi connectivity index (χ0) is 12.6. The molecule has 1 fully saturated rings. The van der Waals surface area contributed by atoms with Gasteiger partial charge in [-0.25, -0.2) is 0 Å². The van der Waals surface area contributed by atoms with Gasteiger partial charge >= 0.3 is 0 Å². The number of benzene rings is 1. The standard InChI is InChI=1S/C12H14N2O3/c1-12(2)8-13(11(12)15)7-9-3-5-10(6-4-9)14(16)17/h3-6H,7-8H2,1-2H3. The maximum absolute atomic E-state index is 11.7. The molecule has 1 aromatic carbocycles. The van der Waals surface area contributed by atoms with Crippen LogP contribution in [0.4, 0.5) is 5.69 Å². The molecule has 1 saturated heterocycles. The Hall–Kier alpha value is -1.91. The first kappa shape index (κ1) is 11.6. The molecule has 0 aliphatic carbocycles. The van der Waals surface area contributed by atoms with E-state index < -0.39 is 4.92 Å². The van der Waals surface area contributed by atoms with E-state index in [1.165, 1.54) is 12.1 Å². The second kappa shape index (κ2) is 3.84. The summed E-state index contributed by atoms with van der Waals surface area (Å²) in [6.07, 6.45) is 0. The van der Waals surface area contributed by atoms with Gasteiger partial charge in [-0.2, -0.15) is 0 Å². The van der Waals surface area contributed by atoms with Gasteiger partial charge in [0.05, 0.1) is 10.3 Å². The fourth-order valence-corrected chi connectivity index (χ4v) is 2.02. The van der Waals surface area contributed by atoms with Crippen molar-refractivity contribution in [3.8, 4) is 0 Å². The van der Waals surface area contributed by atoms with Crippen LogP contribution in [0.25, 0.3) is 0 Å². The Morgan fingerprint density at radius 3 is 2.35 bits per heavy atom. The number of β-lactam (4-membered cyclic amide) rings is 1. The predicted molar refractivity (Wildman–Crippen MR) is 62.3 cm³/mol. The Morgan fingerprint density at radius 1 is 1.35 bits per heavy atom. The normalized spacial score (nSPS) is 17.8. The quantitative estimate of drug-likeness (QED) is 0.456. The molecule has 1 aliphatic heterocycles. The molecular formula is C12H14N2O3. The maximum Gasteiger partial charge on any atom is 0.269 e. The molecule has 90 valence electrons. The Balaban J connectivity index is 2.01. The highest BCUT2D eigenvalue weighted by Crippen LogP contribution is 2.31. The van der Waals surface area contributed by atoms with Crippen LogP contribution in [-0.4, -0.2) is 22.3 Å². The summed E-state index contributed by atoms with van der Waals surface area (Å²) >= 11 is 0. The number of non-ortho nitro benzene ring substituents is 1. The number of hydrogen-bond donors (Lipinski definition) is 0. The monoisotopic (exact) mass is 234 g/mol. The summed E-state index contributed by atoms with van der Waals surface area (Å²) in [5, 5.41) is 10.5. The van der Waals surface area contributed by atoms with E-state index in [-0.39, 0.29) is 17.0 Å². The minimum atomic E-state index is -0.429. The smallest absolute Gasteiger partial charge is 0.269 e. The van der Waals surface area contributed by atoms with E-state index in [1.54, 1.807) is 17.0 Å². The lowest BCUT2D eigenvalue weighted by molar-refractivity contribution is -0.384. The van der Waals surface area contributed by atoms with Gasteiger partial charge in [0.15, 0.2) is 0 Å². The fraction of sp³-hybridized carbons (Fsp3) is 0.417. The molecular weight excluding hydrogens is 220 g/mol. The molecule has 0 unspecified atom stereocenters. The Kier molecular flexibility index (Phi) is 2.61. The number of nitro groups is 1. The van der Waals surface area contributed by atoms with Gasteiger partial charge in [0, 0.05) is 25.2 Å². The number of nitro benzene ring substituents is 1. The van der Waals surface area contributed by atoms with Crippen molar-refractivity contribution in [2.75, 3.05) is 6.54 Å². The van der Waals surface area contributed by atoms with Crippen molar-refractivity contribution in [1.29, 1.82) is 0 Å². The summed E-state index contributed by atoms with van der Waals surface area (Å²) in [4.78, 5) is 23.5. The van der Waals surface area contributed by atoms with Crippen LogP contribution in [0, 0.1) is 15.5 Å². The topological polar surface area (TPSA) is 63.4 Å². The number of rotatable bonds is 3. The summed E-state index contributed by atoms with van der Waals surface area (Å²) in [6, 6.07) is 6.31. The molecule has 0 aromatic heterocycles. The van der Waals surface area contributed by atoms with Crippen molar-refractivity contribution in [3.63, 3.8) is 0 Å². The van der Waals surface area contributed by atoms with Gasteiger partial charge in [-0.3, -0.25) is 14.9 Å². The molecule has 5 nitrogen and oxygen atoms in total. The average molecular weight is 234 g/mol. The number of carbonyl (C=O) groups is 1. The van der Waals surface area contributed by atoms with Crippen LogP contribution in [0.1, 0.15) is 19.4 Å². The molecule has 1 heterocycles. The number of amides is 1. The van der Waals surface area contributed by atoms with Crippen molar-refractivity contribution in [1.82, 2.24) is 4.90 Å². The fourth-order valence-electron chi connectivity index (χ4n) is 2.02. The highest BCUT2D eigenvalue weighted by molar-refractivity contribution is 5.87. The van der Waals surface area contributed by atoms with E-state index in [9.17, 15) is 14.9 Å². The van der Waals surface area contributed by atoms with E-state index in [1.807, 2.05) is 13.8 Å². The minimum Gasteiger partial charge on any atom is -0.337 e. The lowest BCUT2D eigenvalue weighted by atomic mass is 9.83. The average Bonchev–Trinajstić information content (AvgIpc) is 2.28. The highest BCUT2D eigenvalue weighted by Gasteiger charge is 2.43. The molecule has 2 rings (SSSR count). The number of likely N-dealkylation sites (tertiary alicyclic amines) is 1. The Bertz CT molecular complexity index is 465. The summed E-state index contributed by atoms with van der Waals surface area (Å²) < 4.78 is 0. The minimum absolute atomic E-state index is 0.0732. The molecule has 5 heteroatoms. The summed E-state index contributed by atoms with van der Waals surface area (Å²) in [7, 11) is 0. The van der Waals surface area contributed by atoms with Crippen LogP contribution in [0.3, 0.4) is 0 Å². The largest absolute Gasteiger partial charge is 0.337 e. The molecule has 1 aromatic rings. The third kappa shape index (κ3) is 2.13. The molecule has 0 bridgehead atoms. The second-order valence-electron chi connectivity index (χ2n) is 4.97. The van der Waals surface area contributed by atoms with Crippen molar-refractivity contribution in [3.05, 3.63) is 39.9 Å². The van der Waals surface area contributed by atoms with E-state index in [0.717, 1.165) is 12.1 Å². The van der Waals surface area contributed by atoms with Crippen LogP contribution in [0.2, 0.25) is 0 Å². The molecule has 1 amide bonds. The van der Waals surface area contributed by atoms with Gasteiger partial charge in [-0.1, -0.05) is 12.1 Å². The molecule has 0 spiro atoms. The van der Waals surface area contributed by atoms with Crippen molar-refractivity contribution in [2.24, 2.45) is 5.41 Å². The van der Waals surface area contributed by atoms with Crippen molar-refractivity contribution < 1.29 is 9.72 Å². The lowest BCUT2D eigenvalue weighted by Gasteiger charge is -2.44. The van der Waals surface area contributed by atoms with Gasteiger partial charge in [0.25, 0.3) is 5.69 Å². The SMILES string of the molecule is CC1(C)CN(Cc2ccc([N+](=O)[O-])cc2)C1=O. The first-order chi connectivity index (χ1) is 7.90. The van der Waals surface area contributed by atoms with Crippen LogP contribution in [0.15, 0.2) is 24.3 Å². The van der Waals surface area contributed by atoms with Crippen molar-refractivity contribution in [2.45, 2.75) is 20.4 Å².